The predicted molar refractivity (Wildman–Crippen MR) is 65.5 cm³/mol. The molecule has 110 valence electrons. The summed E-state index contributed by atoms with van der Waals surface area (Å²) in [6.07, 6.45) is -6.28. The number of aliphatic carboxylic acids is 1. The molecule has 0 saturated heterocycles. The monoisotopic (exact) mass is 289 g/mol. The molecule has 1 atom stereocenters. The van der Waals surface area contributed by atoms with Gasteiger partial charge in [-0.3, -0.25) is 4.79 Å². The van der Waals surface area contributed by atoms with Gasteiger partial charge in [-0.05, 0) is 25.5 Å². The van der Waals surface area contributed by atoms with Crippen molar-refractivity contribution in [1.29, 1.82) is 0 Å². The van der Waals surface area contributed by atoms with Crippen LogP contribution in [-0.2, 0) is 4.79 Å². The summed E-state index contributed by atoms with van der Waals surface area (Å²) >= 11 is 0. The Morgan fingerprint density at radius 2 is 1.90 bits per heavy atom. The lowest BCUT2D eigenvalue weighted by atomic mass is 10.0. The highest BCUT2D eigenvalue weighted by Crippen LogP contribution is 2.22. The van der Waals surface area contributed by atoms with Gasteiger partial charge in [0.15, 0.2) is 0 Å². The number of nitrogens with one attached hydrogen (secondary N) is 1. The third-order valence-electron chi connectivity index (χ3n) is 2.67. The van der Waals surface area contributed by atoms with Crippen LogP contribution in [0.1, 0.15) is 27.9 Å². The first-order valence-electron chi connectivity index (χ1n) is 5.78. The molecule has 0 aliphatic rings. The molecule has 4 nitrogen and oxygen atoms in total. The van der Waals surface area contributed by atoms with Crippen molar-refractivity contribution < 1.29 is 27.9 Å². The van der Waals surface area contributed by atoms with Gasteiger partial charge in [-0.2, -0.15) is 13.2 Å². The predicted octanol–water partition coefficient (Wildman–Crippen LogP) is 2.44. The molecule has 0 saturated carbocycles. The number of benzene rings is 1. The molecule has 1 aromatic rings. The average Bonchev–Trinajstić information content (AvgIpc) is 2.25. The number of aryl methyl sites for hydroxylation is 2. The molecule has 0 aliphatic carbocycles. The minimum absolute atomic E-state index is 0.157. The average molecular weight is 289 g/mol. The number of carboxylic acid groups (broad SMARTS) is 1. The van der Waals surface area contributed by atoms with Gasteiger partial charge < -0.3 is 10.4 Å². The molecule has 2 N–H and O–H groups in total. The Bertz CT molecular complexity index is 526. The zero-order valence-electron chi connectivity index (χ0n) is 10.9. The first kappa shape index (κ1) is 16.0. The van der Waals surface area contributed by atoms with Gasteiger partial charge in [0.05, 0.1) is 6.42 Å². The third-order valence-corrected chi connectivity index (χ3v) is 2.67. The smallest absolute Gasteiger partial charge is 0.391 e. The van der Waals surface area contributed by atoms with Gasteiger partial charge in [0.25, 0.3) is 5.91 Å². The van der Waals surface area contributed by atoms with Crippen molar-refractivity contribution in [3.05, 3.63) is 34.9 Å². The number of amides is 1. The number of rotatable bonds is 4. The van der Waals surface area contributed by atoms with Crippen LogP contribution in [-0.4, -0.2) is 29.2 Å². The number of alkyl halides is 3. The number of carbonyl (C=O) groups is 2. The zero-order valence-corrected chi connectivity index (χ0v) is 10.9. The number of carboxylic acids is 1. The van der Waals surface area contributed by atoms with Crippen LogP contribution in [0.5, 0.6) is 0 Å². The topological polar surface area (TPSA) is 66.4 Å². The van der Waals surface area contributed by atoms with Crippen LogP contribution >= 0.6 is 0 Å². The maximum atomic E-state index is 12.2. The molecule has 1 aromatic carbocycles. The summed E-state index contributed by atoms with van der Waals surface area (Å²) < 4.78 is 36.7. The summed E-state index contributed by atoms with van der Waals surface area (Å²) in [6.45, 7) is 3.43. The summed E-state index contributed by atoms with van der Waals surface area (Å²) in [5.74, 6) is -2.56. The molecule has 7 heteroatoms. The van der Waals surface area contributed by atoms with E-state index in [1.165, 1.54) is 6.07 Å². The molecule has 0 heterocycles. The summed E-state index contributed by atoms with van der Waals surface area (Å²) in [4.78, 5) is 22.6. The van der Waals surface area contributed by atoms with E-state index in [-0.39, 0.29) is 5.56 Å². The number of hydrogen-bond acceptors (Lipinski definition) is 2. The van der Waals surface area contributed by atoms with E-state index in [9.17, 15) is 22.8 Å². The third kappa shape index (κ3) is 4.56. The molecule has 0 aromatic heterocycles. The molecule has 20 heavy (non-hydrogen) atoms. The molecule has 1 amide bonds. The summed E-state index contributed by atoms with van der Waals surface area (Å²) in [5.41, 5.74) is 1.62. The van der Waals surface area contributed by atoms with E-state index < -0.39 is 30.5 Å². The van der Waals surface area contributed by atoms with E-state index in [0.29, 0.717) is 5.56 Å². The van der Waals surface area contributed by atoms with Crippen LogP contribution in [0.15, 0.2) is 18.2 Å². The molecular formula is C13H14F3NO3. The van der Waals surface area contributed by atoms with Crippen LogP contribution in [0.4, 0.5) is 13.2 Å². The lowest BCUT2D eigenvalue weighted by molar-refractivity contribution is -0.157. The van der Waals surface area contributed by atoms with E-state index >= 15 is 0 Å². The van der Waals surface area contributed by atoms with Crippen molar-refractivity contribution in [2.75, 3.05) is 0 Å². The minimum Gasteiger partial charge on any atom is -0.480 e. The summed E-state index contributed by atoms with van der Waals surface area (Å²) in [7, 11) is 0. The van der Waals surface area contributed by atoms with Crippen LogP contribution in [0.3, 0.4) is 0 Å². The fourth-order valence-electron chi connectivity index (χ4n) is 1.74. The van der Waals surface area contributed by atoms with Gasteiger partial charge >= 0.3 is 12.1 Å². The van der Waals surface area contributed by atoms with Crippen LogP contribution < -0.4 is 5.32 Å². The van der Waals surface area contributed by atoms with Gasteiger partial charge in [-0.25, -0.2) is 4.79 Å². The maximum Gasteiger partial charge on any atom is 0.391 e. The highest BCUT2D eigenvalue weighted by Gasteiger charge is 2.36. The normalized spacial score (nSPS) is 12.8. The Balaban J connectivity index is 2.88. The van der Waals surface area contributed by atoms with Gasteiger partial charge in [0, 0.05) is 5.56 Å². The van der Waals surface area contributed by atoms with Crippen molar-refractivity contribution in [1.82, 2.24) is 5.32 Å². The van der Waals surface area contributed by atoms with Crippen molar-refractivity contribution in [3.8, 4) is 0 Å². The van der Waals surface area contributed by atoms with Crippen molar-refractivity contribution in [3.63, 3.8) is 0 Å². The molecular weight excluding hydrogens is 275 g/mol. The van der Waals surface area contributed by atoms with Crippen LogP contribution in [0, 0.1) is 13.8 Å². The van der Waals surface area contributed by atoms with Gasteiger partial charge in [0.1, 0.15) is 6.04 Å². The van der Waals surface area contributed by atoms with E-state index in [0.717, 1.165) is 5.56 Å². The summed E-state index contributed by atoms with van der Waals surface area (Å²) in [5, 5.41) is 10.6. The SMILES string of the molecule is Cc1ccc(C(=O)NC(CC(F)(F)F)C(=O)O)c(C)c1. The van der Waals surface area contributed by atoms with E-state index in [4.69, 9.17) is 5.11 Å². The highest BCUT2D eigenvalue weighted by molar-refractivity contribution is 5.97. The van der Waals surface area contributed by atoms with Crippen LogP contribution in [0.2, 0.25) is 0 Å². The van der Waals surface area contributed by atoms with E-state index in [2.05, 4.69) is 0 Å². The second kappa shape index (κ2) is 5.94. The quantitative estimate of drug-likeness (QED) is 0.894. The summed E-state index contributed by atoms with van der Waals surface area (Å²) in [6, 6.07) is 2.77. The molecule has 0 bridgehead atoms. The number of hydrogen-bond donors (Lipinski definition) is 2. The standard InChI is InChI=1S/C13H14F3NO3/c1-7-3-4-9(8(2)5-7)11(18)17-10(12(19)20)6-13(14,15)16/h3-5,10H,6H2,1-2H3,(H,17,18)(H,19,20). The fourth-order valence-corrected chi connectivity index (χ4v) is 1.74. The van der Waals surface area contributed by atoms with Crippen molar-refractivity contribution in [2.24, 2.45) is 0 Å². The van der Waals surface area contributed by atoms with Crippen LogP contribution in [0.25, 0.3) is 0 Å². The van der Waals surface area contributed by atoms with Gasteiger partial charge in [0.2, 0.25) is 0 Å². The molecule has 1 rings (SSSR count). The van der Waals surface area contributed by atoms with E-state index in [1.807, 2.05) is 5.32 Å². The Kier molecular flexibility index (Phi) is 4.75. The first-order chi connectivity index (χ1) is 9.10. The number of halogens is 3. The van der Waals surface area contributed by atoms with Crippen molar-refractivity contribution in [2.45, 2.75) is 32.5 Å². The second-order valence-electron chi connectivity index (χ2n) is 4.50. The second-order valence-corrected chi connectivity index (χ2v) is 4.50. The maximum absolute atomic E-state index is 12.2. The largest absolute Gasteiger partial charge is 0.480 e. The van der Waals surface area contributed by atoms with Gasteiger partial charge in [-0.1, -0.05) is 17.7 Å². The molecule has 0 aliphatic heterocycles. The Morgan fingerprint density at radius 1 is 1.30 bits per heavy atom. The molecule has 1 unspecified atom stereocenters. The first-order valence-corrected chi connectivity index (χ1v) is 5.78. The fraction of sp³-hybridized carbons (Fsp3) is 0.385. The van der Waals surface area contributed by atoms with E-state index in [1.54, 1.807) is 26.0 Å². The zero-order chi connectivity index (χ0) is 15.5. The lowest BCUT2D eigenvalue weighted by Crippen LogP contribution is -2.43. The molecule has 0 radical (unpaired) electrons. The van der Waals surface area contributed by atoms with Gasteiger partial charge in [-0.15, -0.1) is 0 Å². The minimum atomic E-state index is -4.67. The Labute approximate surface area is 113 Å². The highest BCUT2D eigenvalue weighted by atomic mass is 19.4. The lowest BCUT2D eigenvalue weighted by Gasteiger charge is -2.17. The number of carbonyl (C=O) groups excluding carboxylic acids is 1. The Morgan fingerprint density at radius 3 is 2.35 bits per heavy atom. The molecule has 0 spiro atoms. The van der Waals surface area contributed by atoms with Crippen molar-refractivity contribution >= 4 is 11.9 Å². The molecule has 0 fully saturated rings. The Hall–Kier alpha value is -2.05.